The third-order valence-corrected chi connectivity index (χ3v) is 3.35. The summed E-state index contributed by atoms with van der Waals surface area (Å²) in [4.78, 5) is 16.9. The Morgan fingerprint density at radius 1 is 1.44 bits per heavy atom. The van der Waals surface area contributed by atoms with Gasteiger partial charge in [-0.1, -0.05) is 15.9 Å². The van der Waals surface area contributed by atoms with E-state index < -0.39 is 0 Å². The van der Waals surface area contributed by atoms with Crippen molar-refractivity contribution in [2.75, 3.05) is 19.7 Å². The maximum absolute atomic E-state index is 12.2. The average Bonchev–Trinajstić information content (AvgIpc) is 2.77. The Labute approximate surface area is 114 Å². The highest BCUT2D eigenvalue weighted by Crippen LogP contribution is 2.21. The summed E-state index contributed by atoms with van der Waals surface area (Å²) in [5, 5.41) is 9.92. The first-order chi connectivity index (χ1) is 8.65. The van der Waals surface area contributed by atoms with Gasteiger partial charge in [0.15, 0.2) is 0 Å². The van der Waals surface area contributed by atoms with Gasteiger partial charge in [0.05, 0.1) is 6.61 Å². The van der Waals surface area contributed by atoms with E-state index in [0.29, 0.717) is 18.8 Å². The molecule has 0 saturated carbocycles. The van der Waals surface area contributed by atoms with E-state index in [9.17, 15) is 4.79 Å². The summed E-state index contributed by atoms with van der Waals surface area (Å²) in [6.07, 6.45) is 0. The smallest absolute Gasteiger partial charge is 0.270 e. The molecule has 0 aliphatic heterocycles. The molecule has 96 valence electrons. The fraction of sp³-hybridized carbons (Fsp3) is 0.308. The summed E-state index contributed by atoms with van der Waals surface area (Å²) >= 11 is 3.40. The summed E-state index contributed by atoms with van der Waals surface area (Å²) in [7, 11) is 0. The van der Waals surface area contributed by atoms with Crippen LogP contribution in [0, 0.1) is 0 Å². The Bertz CT molecular complexity index is 565. The molecular formula is C13H15BrN2O2. The highest BCUT2D eigenvalue weighted by molar-refractivity contribution is 9.10. The number of halogens is 1. The number of amides is 1. The van der Waals surface area contributed by atoms with E-state index in [-0.39, 0.29) is 12.5 Å². The summed E-state index contributed by atoms with van der Waals surface area (Å²) in [5.74, 6) is -0.0844. The summed E-state index contributed by atoms with van der Waals surface area (Å²) < 4.78 is 0.982. The summed E-state index contributed by atoms with van der Waals surface area (Å²) in [6.45, 7) is 2.81. The highest BCUT2D eigenvalue weighted by Gasteiger charge is 2.15. The number of H-pyrrole nitrogens is 1. The molecule has 0 radical (unpaired) electrons. The molecule has 0 saturated heterocycles. The number of benzene rings is 1. The van der Waals surface area contributed by atoms with Crippen LogP contribution >= 0.6 is 15.9 Å². The van der Waals surface area contributed by atoms with Gasteiger partial charge in [-0.05, 0) is 31.2 Å². The number of nitrogens with zero attached hydrogens (tertiary/aromatic N) is 1. The minimum atomic E-state index is -0.0844. The average molecular weight is 311 g/mol. The topological polar surface area (TPSA) is 56.3 Å². The van der Waals surface area contributed by atoms with Crippen molar-refractivity contribution in [3.63, 3.8) is 0 Å². The second-order valence-electron chi connectivity index (χ2n) is 4.02. The van der Waals surface area contributed by atoms with Gasteiger partial charge in [-0.3, -0.25) is 4.79 Å². The van der Waals surface area contributed by atoms with E-state index in [0.717, 1.165) is 15.4 Å². The maximum atomic E-state index is 12.2. The number of rotatable bonds is 4. The number of carbonyl (C=O) groups is 1. The summed E-state index contributed by atoms with van der Waals surface area (Å²) in [5.41, 5.74) is 1.49. The number of fused-ring (bicyclic) bond motifs is 1. The number of aromatic amines is 1. The normalized spacial score (nSPS) is 10.8. The van der Waals surface area contributed by atoms with E-state index in [1.54, 1.807) is 4.90 Å². The quantitative estimate of drug-likeness (QED) is 0.911. The van der Waals surface area contributed by atoms with Crippen LogP contribution in [0.4, 0.5) is 0 Å². The molecule has 0 aliphatic rings. The zero-order chi connectivity index (χ0) is 13.1. The molecule has 1 aromatic carbocycles. The largest absolute Gasteiger partial charge is 0.395 e. The van der Waals surface area contributed by atoms with E-state index in [1.807, 2.05) is 31.2 Å². The molecule has 0 unspecified atom stereocenters. The lowest BCUT2D eigenvalue weighted by Crippen LogP contribution is -2.33. The van der Waals surface area contributed by atoms with Crippen molar-refractivity contribution in [1.29, 1.82) is 0 Å². The molecule has 0 fully saturated rings. The number of hydrogen-bond acceptors (Lipinski definition) is 2. The molecule has 0 atom stereocenters. The molecule has 1 aromatic heterocycles. The minimum Gasteiger partial charge on any atom is -0.395 e. The third kappa shape index (κ3) is 2.57. The first-order valence-corrected chi connectivity index (χ1v) is 6.63. The van der Waals surface area contributed by atoms with Crippen LogP contribution in [0.1, 0.15) is 17.4 Å². The number of likely N-dealkylation sites (N-methyl/N-ethyl adjacent to an activating group) is 1. The highest BCUT2D eigenvalue weighted by atomic mass is 79.9. The van der Waals surface area contributed by atoms with Crippen molar-refractivity contribution in [2.45, 2.75) is 6.92 Å². The number of aliphatic hydroxyl groups is 1. The number of carbonyl (C=O) groups excluding carboxylic acids is 1. The van der Waals surface area contributed by atoms with Crippen LogP contribution in [-0.4, -0.2) is 40.6 Å². The van der Waals surface area contributed by atoms with Crippen LogP contribution in [-0.2, 0) is 0 Å². The van der Waals surface area contributed by atoms with Crippen molar-refractivity contribution in [3.8, 4) is 0 Å². The van der Waals surface area contributed by atoms with Crippen LogP contribution in [0.25, 0.3) is 10.9 Å². The maximum Gasteiger partial charge on any atom is 0.270 e. The minimum absolute atomic E-state index is 0.0225. The van der Waals surface area contributed by atoms with Gasteiger partial charge in [0.2, 0.25) is 0 Å². The molecule has 0 spiro atoms. The van der Waals surface area contributed by atoms with Crippen LogP contribution in [0.3, 0.4) is 0 Å². The Morgan fingerprint density at radius 3 is 2.89 bits per heavy atom. The van der Waals surface area contributed by atoms with E-state index in [1.165, 1.54) is 0 Å². The number of aliphatic hydroxyl groups excluding tert-OH is 1. The molecular weight excluding hydrogens is 296 g/mol. The van der Waals surface area contributed by atoms with Gasteiger partial charge in [-0.2, -0.15) is 0 Å². The van der Waals surface area contributed by atoms with Crippen molar-refractivity contribution in [2.24, 2.45) is 0 Å². The molecule has 2 rings (SSSR count). The standard InChI is InChI=1S/C13H15BrN2O2/c1-2-16(5-6-17)13(18)12-8-9-7-10(14)3-4-11(9)15-12/h3-4,7-8,15,17H,2,5-6H2,1H3. The van der Waals surface area contributed by atoms with E-state index in [4.69, 9.17) is 5.11 Å². The first kappa shape index (κ1) is 13.1. The zero-order valence-corrected chi connectivity index (χ0v) is 11.7. The van der Waals surface area contributed by atoms with Crippen molar-refractivity contribution < 1.29 is 9.90 Å². The predicted molar refractivity (Wildman–Crippen MR) is 74.7 cm³/mol. The second-order valence-corrected chi connectivity index (χ2v) is 4.94. The molecule has 4 nitrogen and oxygen atoms in total. The van der Waals surface area contributed by atoms with Gasteiger partial charge >= 0.3 is 0 Å². The van der Waals surface area contributed by atoms with Crippen LogP contribution in [0.2, 0.25) is 0 Å². The molecule has 0 bridgehead atoms. The SMILES string of the molecule is CCN(CCO)C(=O)c1cc2cc(Br)ccc2[nH]1. The van der Waals surface area contributed by atoms with Crippen LogP contribution in [0.15, 0.2) is 28.7 Å². The van der Waals surface area contributed by atoms with Gasteiger partial charge < -0.3 is 15.0 Å². The van der Waals surface area contributed by atoms with E-state index in [2.05, 4.69) is 20.9 Å². The first-order valence-electron chi connectivity index (χ1n) is 5.84. The van der Waals surface area contributed by atoms with Crippen molar-refractivity contribution >= 4 is 32.7 Å². The lowest BCUT2D eigenvalue weighted by molar-refractivity contribution is 0.0727. The lowest BCUT2D eigenvalue weighted by Gasteiger charge is -2.18. The fourth-order valence-electron chi connectivity index (χ4n) is 1.91. The molecule has 1 amide bonds. The zero-order valence-electron chi connectivity index (χ0n) is 10.1. The fourth-order valence-corrected chi connectivity index (χ4v) is 2.29. The molecule has 18 heavy (non-hydrogen) atoms. The number of aromatic nitrogens is 1. The van der Waals surface area contributed by atoms with Crippen LogP contribution in [0.5, 0.6) is 0 Å². The van der Waals surface area contributed by atoms with Gasteiger partial charge in [0, 0.05) is 28.5 Å². The van der Waals surface area contributed by atoms with Crippen molar-refractivity contribution in [3.05, 3.63) is 34.4 Å². The van der Waals surface area contributed by atoms with Gasteiger partial charge in [-0.25, -0.2) is 0 Å². The molecule has 1 heterocycles. The Morgan fingerprint density at radius 2 is 2.22 bits per heavy atom. The predicted octanol–water partition coefficient (Wildman–Crippen LogP) is 2.38. The monoisotopic (exact) mass is 310 g/mol. The molecule has 2 N–H and O–H groups in total. The van der Waals surface area contributed by atoms with E-state index >= 15 is 0 Å². The number of nitrogens with one attached hydrogen (secondary N) is 1. The van der Waals surface area contributed by atoms with Gasteiger partial charge in [-0.15, -0.1) is 0 Å². The molecule has 5 heteroatoms. The second kappa shape index (κ2) is 5.54. The Hall–Kier alpha value is -1.33. The van der Waals surface area contributed by atoms with Crippen LogP contribution < -0.4 is 0 Å². The third-order valence-electron chi connectivity index (χ3n) is 2.85. The van der Waals surface area contributed by atoms with Gasteiger partial charge in [0.25, 0.3) is 5.91 Å². The molecule has 2 aromatic rings. The van der Waals surface area contributed by atoms with Gasteiger partial charge in [0.1, 0.15) is 5.69 Å². The number of hydrogen-bond donors (Lipinski definition) is 2. The lowest BCUT2D eigenvalue weighted by atomic mass is 10.2. The summed E-state index contributed by atoms with van der Waals surface area (Å²) in [6, 6.07) is 7.66. The Balaban J connectivity index is 2.32. The molecule has 0 aliphatic carbocycles. The Kier molecular flexibility index (Phi) is 4.04. The van der Waals surface area contributed by atoms with Crippen molar-refractivity contribution in [1.82, 2.24) is 9.88 Å².